The van der Waals surface area contributed by atoms with Crippen LogP contribution in [0.4, 0.5) is 0 Å². The van der Waals surface area contributed by atoms with E-state index in [4.69, 9.17) is 4.42 Å². The van der Waals surface area contributed by atoms with Crippen molar-refractivity contribution in [3.05, 3.63) is 206 Å². The van der Waals surface area contributed by atoms with Gasteiger partial charge in [0.15, 0.2) is 0 Å². The molecule has 2 heteroatoms. The molecule has 0 saturated heterocycles. The van der Waals surface area contributed by atoms with Crippen molar-refractivity contribution in [3.63, 3.8) is 0 Å². The first-order valence-electron chi connectivity index (χ1n) is 20.6. The Bertz CT molecular complexity index is 3770. The van der Waals surface area contributed by atoms with Gasteiger partial charge in [-0.1, -0.05) is 18.2 Å². The normalized spacial score (nSPS) is 12.0. The number of furan rings is 1. The zero-order valence-electron chi connectivity index (χ0n) is 32.4. The van der Waals surface area contributed by atoms with Gasteiger partial charge in [0.2, 0.25) is 0 Å². The van der Waals surface area contributed by atoms with Crippen molar-refractivity contribution in [2.45, 2.75) is 0 Å². The molecule has 60 heavy (non-hydrogen) atoms. The van der Waals surface area contributed by atoms with Crippen LogP contribution >= 0.6 is 0 Å². The first-order valence-corrected chi connectivity index (χ1v) is 22.3. The Balaban J connectivity index is 1.13. The van der Waals surface area contributed by atoms with Crippen LogP contribution in [0.5, 0.6) is 0 Å². The SMILES string of the molecule is c1ccc(-c2c3ccccc3c(-c3cccc4[se]c5cccc(-c6c7ccccc7c(-c7ccc8c(c7)oc7ccccc78)c7ccccc67)c5c34)c3ccccc23)cc1. The fourth-order valence-corrected chi connectivity index (χ4v) is 12.7. The molecule has 0 radical (unpaired) electrons. The van der Waals surface area contributed by atoms with Gasteiger partial charge in [-0.2, -0.15) is 0 Å². The molecule has 278 valence electrons. The monoisotopic (exact) mass is 826 g/mol. The summed E-state index contributed by atoms with van der Waals surface area (Å²) in [6, 6.07) is 76.2. The van der Waals surface area contributed by atoms with Crippen LogP contribution in [-0.2, 0) is 0 Å². The summed E-state index contributed by atoms with van der Waals surface area (Å²) in [5.74, 6) is 0. The second-order valence-corrected chi connectivity index (χ2v) is 18.1. The fourth-order valence-electron chi connectivity index (χ4n) is 10.2. The van der Waals surface area contributed by atoms with Gasteiger partial charge in [0.05, 0.1) is 0 Å². The molecule has 0 aliphatic rings. The quantitative estimate of drug-likeness (QED) is 0.127. The van der Waals surface area contributed by atoms with Gasteiger partial charge in [-0.05, 0) is 6.07 Å². The van der Waals surface area contributed by atoms with Gasteiger partial charge in [0.1, 0.15) is 0 Å². The third kappa shape index (κ3) is 4.87. The van der Waals surface area contributed by atoms with Crippen molar-refractivity contribution < 1.29 is 4.42 Å². The summed E-state index contributed by atoms with van der Waals surface area (Å²) in [5, 5.41) is 15.1. The summed E-state index contributed by atoms with van der Waals surface area (Å²) in [4.78, 5) is 0. The number of hydrogen-bond donors (Lipinski definition) is 0. The van der Waals surface area contributed by atoms with Gasteiger partial charge < -0.3 is 0 Å². The average Bonchev–Trinajstić information content (AvgIpc) is 3.89. The van der Waals surface area contributed by atoms with Crippen molar-refractivity contribution in [1.82, 2.24) is 0 Å². The molecule has 2 heterocycles. The molecule has 0 unspecified atom stereocenters. The van der Waals surface area contributed by atoms with Gasteiger partial charge in [-0.3, -0.25) is 0 Å². The second kappa shape index (κ2) is 13.1. The predicted molar refractivity (Wildman–Crippen MR) is 257 cm³/mol. The first-order chi connectivity index (χ1) is 29.8. The molecule has 11 aromatic carbocycles. The Labute approximate surface area is 352 Å². The minimum absolute atomic E-state index is 0.153. The standard InChI is InChI=1S/C58H34OSe/c1-2-16-35(17-3-1)53-39-19-4-8-23-43(39)55(44-24-9-5-20-40(44)53)47-27-14-30-51-57(47)58-48(28-15-31-52(58)60-51)56-45-25-10-6-21-41(45)54(42-22-7-11-26-46(42)56)36-32-33-38-37-18-12-13-29-49(37)59-50(38)34-36/h1-34H. The molecule has 0 spiro atoms. The van der Waals surface area contributed by atoms with Gasteiger partial charge in [0, 0.05) is 0 Å². The van der Waals surface area contributed by atoms with Crippen molar-refractivity contribution >= 4 is 98.8 Å². The first kappa shape index (κ1) is 33.7. The maximum absolute atomic E-state index is 6.45. The molecule has 0 amide bonds. The summed E-state index contributed by atoms with van der Waals surface area (Å²) in [5.41, 5.74) is 12.0. The average molecular weight is 826 g/mol. The van der Waals surface area contributed by atoms with E-state index in [2.05, 4.69) is 200 Å². The molecule has 0 bridgehead atoms. The topological polar surface area (TPSA) is 13.1 Å². The van der Waals surface area contributed by atoms with Crippen LogP contribution in [0.2, 0.25) is 0 Å². The Morgan fingerprint density at radius 3 is 1.17 bits per heavy atom. The van der Waals surface area contributed by atoms with Crippen LogP contribution in [0.15, 0.2) is 211 Å². The Morgan fingerprint density at radius 2 is 0.667 bits per heavy atom. The molecule has 1 nitrogen and oxygen atoms in total. The number of fused-ring (bicyclic) bond motifs is 10. The van der Waals surface area contributed by atoms with E-state index in [1.54, 1.807) is 0 Å². The van der Waals surface area contributed by atoms with Crippen molar-refractivity contribution in [2.24, 2.45) is 0 Å². The minimum atomic E-state index is 0.153. The van der Waals surface area contributed by atoms with Gasteiger partial charge in [-0.25, -0.2) is 0 Å². The van der Waals surface area contributed by atoms with E-state index >= 15 is 0 Å². The maximum atomic E-state index is 6.45. The second-order valence-electron chi connectivity index (χ2n) is 15.8. The summed E-state index contributed by atoms with van der Waals surface area (Å²) in [6.07, 6.45) is 0. The Morgan fingerprint density at radius 1 is 0.267 bits per heavy atom. The summed E-state index contributed by atoms with van der Waals surface area (Å²) >= 11 is 0.153. The van der Waals surface area contributed by atoms with Crippen LogP contribution in [0.25, 0.3) is 129 Å². The molecule has 0 saturated carbocycles. The third-order valence-electron chi connectivity index (χ3n) is 12.7. The Kier molecular flexibility index (Phi) is 7.39. The fraction of sp³-hybridized carbons (Fsp3) is 0. The van der Waals surface area contributed by atoms with Crippen LogP contribution < -0.4 is 0 Å². The molecule has 13 aromatic rings. The van der Waals surface area contributed by atoms with Gasteiger partial charge >= 0.3 is 330 Å². The Hall–Kier alpha value is -7.22. The molecule has 13 rings (SSSR count). The van der Waals surface area contributed by atoms with E-state index in [1.807, 2.05) is 6.07 Å². The molecular formula is C58H34OSe. The molecule has 0 N–H and O–H groups in total. The van der Waals surface area contributed by atoms with Gasteiger partial charge in [0.25, 0.3) is 0 Å². The molecule has 0 atom stereocenters. The van der Waals surface area contributed by atoms with Crippen molar-refractivity contribution in [1.29, 1.82) is 0 Å². The summed E-state index contributed by atoms with van der Waals surface area (Å²) < 4.78 is 9.32. The number of rotatable bonds is 4. The zero-order valence-corrected chi connectivity index (χ0v) is 34.2. The van der Waals surface area contributed by atoms with Gasteiger partial charge in [-0.15, -0.1) is 0 Å². The van der Waals surface area contributed by atoms with Crippen LogP contribution in [0, 0.1) is 0 Å². The van der Waals surface area contributed by atoms with E-state index in [0.717, 1.165) is 27.5 Å². The van der Waals surface area contributed by atoms with E-state index in [1.165, 1.54) is 101 Å². The zero-order chi connectivity index (χ0) is 39.3. The van der Waals surface area contributed by atoms with E-state index in [-0.39, 0.29) is 14.5 Å². The molecule has 0 aliphatic carbocycles. The third-order valence-corrected chi connectivity index (χ3v) is 15.0. The predicted octanol–water partition coefficient (Wildman–Crippen LogP) is 16.2. The van der Waals surface area contributed by atoms with Crippen LogP contribution in [-0.4, -0.2) is 14.5 Å². The van der Waals surface area contributed by atoms with Crippen LogP contribution in [0.3, 0.4) is 0 Å². The summed E-state index contributed by atoms with van der Waals surface area (Å²) in [6.45, 7) is 0. The summed E-state index contributed by atoms with van der Waals surface area (Å²) in [7, 11) is 0. The van der Waals surface area contributed by atoms with Crippen LogP contribution in [0.1, 0.15) is 0 Å². The molecule has 0 aliphatic heterocycles. The van der Waals surface area contributed by atoms with E-state index in [9.17, 15) is 0 Å². The van der Waals surface area contributed by atoms with Crippen molar-refractivity contribution in [2.75, 3.05) is 0 Å². The molecular weight excluding hydrogens is 792 g/mol. The van der Waals surface area contributed by atoms with E-state index in [0.29, 0.717) is 0 Å². The number of hydrogen-bond acceptors (Lipinski definition) is 1. The molecule has 0 fully saturated rings. The molecule has 2 aromatic heterocycles. The van der Waals surface area contributed by atoms with E-state index < -0.39 is 0 Å². The van der Waals surface area contributed by atoms with Crippen molar-refractivity contribution in [3.8, 4) is 44.5 Å². The number of benzene rings is 11. The number of para-hydroxylation sites is 1.